The monoisotopic (exact) mass is 493 g/mol. The maximum Gasteiger partial charge on any atom is 0.296 e. The molecule has 0 spiro atoms. The second-order valence-electron chi connectivity index (χ2n) is 7.02. The number of anilines is 1. The van der Waals surface area contributed by atoms with Gasteiger partial charge in [0.05, 0.1) is 25.2 Å². The molecule has 0 fully saturated rings. The fourth-order valence-corrected chi connectivity index (χ4v) is 3.31. The van der Waals surface area contributed by atoms with Gasteiger partial charge in [0.15, 0.2) is 11.5 Å². The van der Waals surface area contributed by atoms with E-state index in [9.17, 15) is 20.2 Å². The lowest BCUT2D eigenvalue weighted by Gasteiger charge is -2.14. The number of nitrogens with one attached hydrogen (secondary N) is 1. The normalized spacial score (nSPS) is 10.7. The molecule has 0 aliphatic carbocycles. The number of amides is 1. The fourth-order valence-electron chi connectivity index (χ4n) is 3.12. The Balaban J connectivity index is 1.92. The zero-order valence-corrected chi connectivity index (χ0v) is 19.5. The van der Waals surface area contributed by atoms with Crippen molar-refractivity contribution in [2.45, 2.75) is 6.61 Å². The molecule has 1 N–H and O–H groups in total. The van der Waals surface area contributed by atoms with Crippen LogP contribution >= 0.6 is 11.6 Å². The van der Waals surface area contributed by atoms with Crippen molar-refractivity contribution in [1.29, 1.82) is 5.26 Å². The zero-order chi connectivity index (χ0) is 25.4. The van der Waals surface area contributed by atoms with Gasteiger partial charge in [-0.15, -0.1) is 0 Å². The molecule has 9 nitrogen and oxygen atoms in total. The van der Waals surface area contributed by atoms with Crippen LogP contribution in [-0.2, 0) is 11.4 Å². The Morgan fingerprint density at radius 3 is 2.57 bits per heavy atom. The number of hydrogen-bond acceptors (Lipinski definition) is 7. The van der Waals surface area contributed by atoms with Gasteiger partial charge in [-0.25, -0.2) is 0 Å². The van der Waals surface area contributed by atoms with Gasteiger partial charge in [0.1, 0.15) is 29.7 Å². The third-order valence-electron chi connectivity index (χ3n) is 4.87. The van der Waals surface area contributed by atoms with Gasteiger partial charge in [0, 0.05) is 16.1 Å². The van der Waals surface area contributed by atoms with E-state index in [0.29, 0.717) is 22.1 Å². The van der Waals surface area contributed by atoms with E-state index in [1.54, 1.807) is 30.3 Å². The molecule has 178 valence electrons. The highest BCUT2D eigenvalue weighted by molar-refractivity contribution is 6.31. The molecule has 0 aliphatic rings. The van der Waals surface area contributed by atoms with E-state index in [1.165, 1.54) is 38.5 Å². The van der Waals surface area contributed by atoms with Crippen LogP contribution in [0.4, 0.5) is 11.4 Å². The second-order valence-corrected chi connectivity index (χ2v) is 7.43. The maximum absolute atomic E-state index is 12.8. The summed E-state index contributed by atoms with van der Waals surface area (Å²) in [7, 11) is 2.83. The number of para-hydroxylation sites is 1. The molecule has 10 heteroatoms. The zero-order valence-electron chi connectivity index (χ0n) is 18.8. The number of hydrogen-bond donors (Lipinski definition) is 1. The number of carbonyl (C=O) groups excluding carboxylic acids is 1. The summed E-state index contributed by atoms with van der Waals surface area (Å²) in [5, 5.41) is 24.0. The SMILES string of the molecule is COc1ccc(NC(=O)/C(C#N)=C/c2cccc(OC)c2OCc2ccccc2Cl)c([N+](=O)[O-])c1. The number of methoxy groups -OCH3 is 2. The van der Waals surface area contributed by atoms with Crippen molar-refractivity contribution in [1.82, 2.24) is 0 Å². The summed E-state index contributed by atoms with van der Waals surface area (Å²) < 4.78 is 16.3. The quantitative estimate of drug-likeness (QED) is 0.183. The number of rotatable bonds is 9. The largest absolute Gasteiger partial charge is 0.496 e. The maximum atomic E-state index is 12.8. The van der Waals surface area contributed by atoms with Crippen molar-refractivity contribution in [2.75, 3.05) is 19.5 Å². The van der Waals surface area contributed by atoms with Gasteiger partial charge in [-0.1, -0.05) is 41.9 Å². The van der Waals surface area contributed by atoms with Crippen LogP contribution in [0.1, 0.15) is 11.1 Å². The lowest BCUT2D eigenvalue weighted by Crippen LogP contribution is -2.14. The van der Waals surface area contributed by atoms with Gasteiger partial charge in [-0.2, -0.15) is 5.26 Å². The minimum Gasteiger partial charge on any atom is -0.496 e. The van der Waals surface area contributed by atoms with Crippen LogP contribution in [0.5, 0.6) is 17.2 Å². The summed E-state index contributed by atoms with van der Waals surface area (Å²) in [6.07, 6.45) is 1.31. The molecule has 3 aromatic carbocycles. The van der Waals surface area contributed by atoms with Gasteiger partial charge < -0.3 is 19.5 Å². The molecule has 0 aliphatic heterocycles. The highest BCUT2D eigenvalue weighted by Crippen LogP contribution is 2.34. The summed E-state index contributed by atoms with van der Waals surface area (Å²) in [6, 6.07) is 17.9. The standard InChI is InChI=1S/C25H20ClN3O6/c1-33-19-10-11-21(22(13-19)29(31)32)28-25(30)18(14-27)12-16-7-5-9-23(34-2)24(16)35-15-17-6-3-4-8-20(17)26/h3-13H,15H2,1-2H3,(H,28,30)/b18-12+. The van der Waals surface area contributed by atoms with Crippen molar-refractivity contribution in [3.8, 4) is 23.3 Å². The third-order valence-corrected chi connectivity index (χ3v) is 5.24. The minimum absolute atomic E-state index is 0.0808. The molecule has 0 atom stereocenters. The summed E-state index contributed by atoms with van der Waals surface area (Å²) in [5.74, 6) is 0.100. The Morgan fingerprint density at radius 2 is 1.91 bits per heavy atom. The number of nitriles is 1. The predicted molar refractivity (Wildman–Crippen MR) is 131 cm³/mol. The molecule has 0 heterocycles. The molecule has 1 amide bonds. The van der Waals surface area contributed by atoms with Crippen LogP contribution < -0.4 is 19.5 Å². The molecule has 0 unspecified atom stereocenters. The topological polar surface area (TPSA) is 124 Å². The third kappa shape index (κ3) is 6.07. The van der Waals surface area contributed by atoms with Crippen molar-refractivity contribution in [3.63, 3.8) is 0 Å². The number of benzene rings is 3. The molecule has 0 bridgehead atoms. The molecular weight excluding hydrogens is 474 g/mol. The van der Waals surface area contributed by atoms with Gasteiger partial charge in [-0.3, -0.25) is 14.9 Å². The highest BCUT2D eigenvalue weighted by Gasteiger charge is 2.20. The molecule has 0 radical (unpaired) electrons. The smallest absolute Gasteiger partial charge is 0.296 e. The first-order valence-corrected chi connectivity index (χ1v) is 10.5. The van der Waals surface area contributed by atoms with Gasteiger partial charge in [-0.05, 0) is 30.3 Å². The predicted octanol–water partition coefficient (Wildman–Crippen LogP) is 5.39. The summed E-state index contributed by atoms with van der Waals surface area (Å²) in [6.45, 7) is 0.118. The van der Waals surface area contributed by atoms with Gasteiger partial charge >= 0.3 is 0 Å². The fraction of sp³-hybridized carbons (Fsp3) is 0.120. The van der Waals surface area contributed by atoms with Crippen LogP contribution in [0, 0.1) is 21.4 Å². The van der Waals surface area contributed by atoms with E-state index in [2.05, 4.69) is 5.32 Å². The van der Waals surface area contributed by atoms with E-state index in [0.717, 1.165) is 5.56 Å². The van der Waals surface area contributed by atoms with E-state index in [-0.39, 0.29) is 29.3 Å². The van der Waals surface area contributed by atoms with Crippen LogP contribution in [0.25, 0.3) is 6.08 Å². The molecule has 0 saturated heterocycles. The first-order chi connectivity index (χ1) is 16.9. The van der Waals surface area contributed by atoms with Gasteiger partial charge in [0.2, 0.25) is 0 Å². The van der Waals surface area contributed by atoms with Crippen molar-refractivity contribution in [2.24, 2.45) is 0 Å². The highest BCUT2D eigenvalue weighted by atomic mass is 35.5. The number of ether oxygens (including phenoxy) is 3. The Hall–Kier alpha value is -4.55. The lowest BCUT2D eigenvalue weighted by atomic mass is 10.1. The molecule has 3 aromatic rings. The van der Waals surface area contributed by atoms with Crippen LogP contribution in [-0.4, -0.2) is 25.1 Å². The minimum atomic E-state index is -0.833. The first kappa shape index (κ1) is 25.1. The van der Waals surface area contributed by atoms with E-state index < -0.39 is 10.8 Å². The average molecular weight is 494 g/mol. The lowest BCUT2D eigenvalue weighted by molar-refractivity contribution is -0.384. The van der Waals surface area contributed by atoms with Crippen LogP contribution in [0.3, 0.4) is 0 Å². The molecule has 3 rings (SSSR count). The average Bonchev–Trinajstić information content (AvgIpc) is 2.86. The van der Waals surface area contributed by atoms with Crippen molar-refractivity contribution in [3.05, 3.63) is 92.5 Å². The van der Waals surface area contributed by atoms with E-state index in [4.69, 9.17) is 25.8 Å². The Morgan fingerprint density at radius 1 is 1.14 bits per heavy atom. The number of nitro groups is 1. The molecule has 0 saturated carbocycles. The Bertz CT molecular complexity index is 1330. The first-order valence-electron chi connectivity index (χ1n) is 10.2. The Labute approximate surface area is 206 Å². The number of nitro benzene ring substituents is 1. The Kier molecular flexibility index (Phi) is 8.27. The summed E-state index contributed by atoms with van der Waals surface area (Å²) in [4.78, 5) is 23.6. The van der Waals surface area contributed by atoms with E-state index >= 15 is 0 Å². The molecular formula is C25H20ClN3O6. The summed E-state index contributed by atoms with van der Waals surface area (Å²) >= 11 is 6.21. The van der Waals surface area contributed by atoms with Crippen LogP contribution in [0.2, 0.25) is 5.02 Å². The number of halogens is 1. The van der Waals surface area contributed by atoms with E-state index in [1.807, 2.05) is 18.2 Å². The van der Waals surface area contributed by atoms with Gasteiger partial charge in [0.25, 0.3) is 11.6 Å². The number of nitrogens with zero attached hydrogens (tertiary/aromatic N) is 2. The van der Waals surface area contributed by atoms with Crippen LogP contribution in [0.15, 0.2) is 66.2 Å². The van der Waals surface area contributed by atoms with Crippen molar-refractivity contribution < 1.29 is 23.9 Å². The van der Waals surface area contributed by atoms with Crippen molar-refractivity contribution >= 4 is 35.0 Å². The molecule has 0 aromatic heterocycles. The number of carbonyl (C=O) groups is 1. The molecule has 35 heavy (non-hydrogen) atoms. The second kappa shape index (κ2) is 11.5. The summed E-state index contributed by atoms with van der Waals surface area (Å²) in [5.41, 5.74) is 0.376.